The van der Waals surface area contributed by atoms with Crippen molar-refractivity contribution in [2.75, 3.05) is 7.11 Å². The topological polar surface area (TPSA) is 74.2 Å². The standard InChI is InChI=1S/C25H18FNO5/c1-15-6-9-17(10-7-15)23-27-20(25(29)32-23)12-16-8-11-21(22(13-16)30-2)31-24(28)18-4-3-5-19(26)14-18/h3-14H,1-2H3/b20-12+. The van der Waals surface area contributed by atoms with Crippen LogP contribution >= 0.6 is 0 Å². The molecule has 0 bridgehead atoms. The van der Waals surface area contributed by atoms with Gasteiger partial charge in [0, 0.05) is 5.56 Å². The maximum absolute atomic E-state index is 13.4. The molecule has 0 fully saturated rings. The third-order valence-electron chi connectivity index (χ3n) is 4.67. The average molecular weight is 431 g/mol. The van der Waals surface area contributed by atoms with E-state index in [9.17, 15) is 14.0 Å². The van der Waals surface area contributed by atoms with Gasteiger partial charge in [0.05, 0.1) is 12.7 Å². The van der Waals surface area contributed by atoms with Crippen LogP contribution in [0, 0.1) is 12.7 Å². The number of methoxy groups -OCH3 is 1. The monoisotopic (exact) mass is 431 g/mol. The van der Waals surface area contributed by atoms with Gasteiger partial charge in [0.25, 0.3) is 0 Å². The Balaban J connectivity index is 1.57. The number of esters is 2. The van der Waals surface area contributed by atoms with E-state index in [2.05, 4.69) is 4.99 Å². The molecule has 3 aromatic rings. The zero-order valence-corrected chi connectivity index (χ0v) is 17.3. The largest absolute Gasteiger partial charge is 0.493 e. The second-order valence-electron chi connectivity index (χ2n) is 7.01. The third-order valence-corrected chi connectivity index (χ3v) is 4.67. The molecule has 1 aliphatic rings. The van der Waals surface area contributed by atoms with Crippen molar-refractivity contribution in [2.24, 2.45) is 4.99 Å². The smallest absolute Gasteiger partial charge is 0.363 e. The van der Waals surface area contributed by atoms with Crippen LogP contribution < -0.4 is 9.47 Å². The van der Waals surface area contributed by atoms with Crippen molar-refractivity contribution >= 4 is 23.9 Å². The maximum atomic E-state index is 13.4. The van der Waals surface area contributed by atoms with Crippen molar-refractivity contribution in [3.05, 3.63) is 100 Å². The molecule has 0 unspecified atom stereocenters. The van der Waals surface area contributed by atoms with E-state index in [-0.39, 0.29) is 28.7 Å². The number of carbonyl (C=O) groups is 2. The molecule has 1 heterocycles. The fourth-order valence-electron chi connectivity index (χ4n) is 3.02. The van der Waals surface area contributed by atoms with Gasteiger partial charge in [0.1, 0.15) is 5.82 Å². The number of ether oxygens (including phenoxy) is 3. The van der Waals surface area contributed by atoms with Gasteiger partial charge in [-0.1, -0.05) is 29.8 Å². The van der Waals surface area contributed by atoms with E-state index < -0.39 is 17.8 Å². The molecule has 6 nitrogen and oxygen atoms in total. The lowest BCUT2D eigenvalue weighted by atomic mass is 10.1. The summed E-state index contributed by atoms with van der Waals surface area (Å²) in [6, 6.07) is 17.4. The van der Waals surface area contributed by atoms with Gasteiger partial charge in [-0.15, -0.1) is 0 Å². The van der Waals surface area contributed by atoms with Crippen molar-refractivity contribution in [1.82, 2.24) is 0 Å². The van der Waals surface area contributed by atoms with Gasteiger partial charge in [0.15, 0.2) is 17.2 Å². The summed E-state index contributed by atoms with van der Waals surface area (Å²) in [6.45, 7) is 1.96. The molecule has 0 radical (unpaired) electrons. The summed E-state index contributed by atoms with van der Waals surface area (Å²) in [5.41, 5.74) is 2.58. The Labute approximate surface area is 183 Å². The fraction of sp³-hybridized carbons (Fsp3) is 0.0800. The molecule has 3 aromatic carbocycles. The molecule has 32 heavy (non-hydrogen) atoms. The number of carbonyl (C=O) groups excluding carboxylic acids is 2. The van der Waals surface area contributed by atoms with Gasteiger partial charge < -0.3 is 14.2 Å². The maximum Gasteiger partial charge on any atom is 0.363 e. The molecular formula is C25H18FNO5. The summed E-state index contributed by atoms with van der Waals surface area (Å²) in [5, 5.41) is 0. The minimum absolute atomic E-state index is 0.0740. The van der Waals surface area contributed by atoms with Gasteiger partial charge in [-0.25, -0.2) is 19.0 Å². The molecule has 0 N–H and O–H groups in total. The van der Waals surface area contributed by atoms with E-state index in [0.29, 0.717) is 11.1 Å². The van der Waals surface area contributed by atoms with Crippen LogP contribution in [0.4, 0.5) is 4.39 Å². The molecule has 0 spiro atoms. The molecule has 0 aromatic heterocycles. The van der Waals surface area contributed by atoms with Gasteiger partial charge in [-0.05, 0) is 61.0 Å². The predicted octanol–water partition coefficient (Wildman–Crippen LogP) is 4.71. The van der Waals surface area contributed by atoms with Crippen LogP contribution in [0.2, 0.25) is 0 Å². The Bertz CT molecular complexity index is 1260. The minimum atomic E-state index is -0.722. The van der Waals surface area contributed by atoms with E-state index in [0.717, 1.165) is 11.6 Å². The van der Waals surface area contributed by atoms with Crippen molar-refractivity contribution < 1.29 is 28.2 Å². The Morgan fingerprint density at radius 2 is 1.81 bits per heavy atom. The van der Waals surface area contributed by atoms with E-state index >= 15 is 0 Å². The zero-order chi connectivity index (χ0) is 22.7. The van der Waals surface area contributed by atoms with Gasteiger partial charge >= 0.3 is 11.9 Å². The summed E-state index contributed by atoms with van der Waals surface area (Å²) >= 11 is 0. The van der Waals surface area contributed by atoms with Gasteiger partial charge in [-0.3, -0.25) is 0 Å². The number of hydrogen-bond donors (Lipinski definition) is 0. The third kappa shape index (κ3) is 4.57. The highest BCUT2D eigenvalue weighted by Gasteiger charge is 2.24. The van der Waals surface area contributed by atoms with Crippen molar-refractivity contribution in [2.45, 2.75) is 6.92 Å². The Hall–Kier alpha value is -4.26. The van der Waals surface area contributed by atoms with Crippen LogP contribution in [-0.4, -0.2) is 24.9 Å². The lowest BCUT2D eigenvalue weighted by Gasteiger charge is -2.10. The average Bonchev–Trinajstić information content (AvgIpc) is 3.15. The van der Waals surface area contributed by atoms with E-state index in [1.54, 1.807) is 18.2 Å². The molecule has 0 amide bonds. The quantitative estimate of drug-likeness (QED) is 0.332. The summed E-state index contributed by atoms with van der Waals surface area (Å²) in [5.74, 6) is -1.18. The molecular weight excluding hydrogens is 413 g/mol. The Morgan fingerprint density at radius 3 is 2.53 bits per heavy atom. The minimum Gasteiger partial charge on any atom is -0.493 e. The first-order valence-corrected chi connectivity index (χ1v) is 9.68. The van der Waals surface area contributed by atoms with E-state index in [4.69, 9.17) is 14.2 Å². The first kappa shape index (κ1) is 21.0. The SMILES string of the molecule is COc1cc(/C=C2/N=C(c3ccc(C)cc3)OC2=O)ccc1OC(=O)c1cccc(F)c1. The number of halogens is 1. The van der Waals surface area contributed by atoms with Crippen LogP contribution in [0.15, 0.2) is 77.4 Å². The van der Waals surface area contributed by atoms with Crippen molar-refractivity contribution in [1.29, 1.82) is 0 Å². The number of hydrogen-bond acceptors (Lipinski definition) is 6. The second-order valence-corrected chi connectivity index (χ2v) is 7.01. The van der Waals surface area contributed by atoms with Crippen LogP contribution in [0.3, 0.4) is 0 Å². The first-order valence-electron chi connectivity index (χ1n) is 9.68. The highest BCUT2D eigenvalue weighted by molar-refractivity contribution is 6.12. The van der Waals surface area contributed by atoms with Gasteiger partial charge in [-0.2, -0.15) is 0 Å². The molecule has 7 heteroatoms. The summed E-state index contributed by atoms with van der Waals surface area (Å²) in [4.78, 5) is 28.8. The number of rotatable bonds is 5. The number of cyclic esters (lactones) is 1. The van der Waals surface area contributed by atoms with Crippen LogP contribution in [0.25, 0.3) is 6.08 Å². The highest BCUT2D eigenvalue weighted by Crippen LogP contribution is 2.30. The summed E-state index contributed by atoms with van der Waals surface area (Å²) in [6.07, 6.45) is 1.55. The fourth-order valence-corrected chi connectivity index (χ4v) is 3.02. The van der Waals surface area contributed by atoms with Gasteiger partial charge in [0.2, 0.25) is 5.90 Å². The normalized spacial score (nSPS) is 14.2. The highest BCUT2D eigenvalue weighted by atomic mass is 19.1. The zero-order valence-electron chi connectivity index (χ0n) is 17.3. The molecule has 0 saturated carbocycles. The number of aryl methyl sites for hydroxylation is 1. The lowest BCUT2D eigenvalue weighted by molar-refractivity contribution is -0.129. The van der Waals surface area contributed by atoms with E-state index in [1.165, 1.54) is 31.4 Å². The molecule has 0 aliphatic carbocycles. The van der Waals surface area contributed by atoms with Crippen LogP contribution in [0.5, 0.6) is 11.5 Å². The summed E-state index contributed by atoms with van der Waals surface area (Å²) < 4.78 is 29.3. The molecule has 0 saturated heterocycles. The van der Waals surface area contributed by atoms with Crippen molar-refractivity contribution in [3.8, 4) is 11.5 Å². The number of aliphatic imine (C=N–C) groups is 1. The molecule has 4 rings (SSSR count). The Kier molecular flexibility index (Phi) is 5.81. The predicted molar refractivity (Wildman–Crippen MR) is 116 cm³/mol. The molecule has 160 valence electrons. The number of benzene rings is 3. The second kappa shape index (κ2) is 8.85. The molecule has 0 atom stereocenters. The van der Waals surface area contributed by atoms with E-state index in [1.807, 2.05) is 31.2 Å². The van der Waals surface area contributed by atoms with Crippen LogP contribution in [-0.2, 0) is 9.53 Å². The Morgan fingerprint density at radius 1 is 1.03 bits per heavy atom. The van der Waals surface area contributed by atoms with Crippen LogP contribution in [0.1, 0.15) is 27.0 Å². The van der Waals surface area contributed by atoms with Crippen molar-refractivity contribution in [3.63, 3.8) is 0 Å². The molecule has 1 aliphatic heterocycles. The first-order chi connectivity index (χ1) is 15.4. The number of nitrogens with zero attached hydrogens (tertiary/aromatic N) is 1. The lowest BCUT2D eigenvalue weighted by Crippen LogP contribution is -2.09. The summed E-state index contributed by atoms with van der Waals surface area (Å²) in [7, 11) is 1.42.